The van der Waals surface area contributed by atoms with Gasteiger partial charge >= 0.3 is 0 Å². The van der Waals surface area contributed by atoms with Crippen LogP contribution in [0.4, 0.5) is 4.39 Å². The van der Waals surface area contributed by atoms with Crippen LogP contribution in [0.2, 0.25) is 0 Å². The summed E-state index contributed by atoms with van der Waals surface area (Å²) in [6.45, 7) is 2.78. The van der Waals surface area contributed by atoms with Crippen molar-refractivity contribution in [3.05, 3.63) is 35.6 Å². The molecule has 0 spiro atoms. The molecular formula is C17H24FNO. The van der Waals surface area contributed by atoms with Gasteiger partial charge in [-0.15, -0.1) is 0 Å². The lowest BCUT2D eigenvalue weighted by atomic mass is 9.84. The lowest BCUT2D eigenvalue weighted by Gasteiger charge is -2.29. The summed E-state index contributed by atoms with van der Waals surface area (Å²) in [4.78, 5) is 0. The molecule has 0 aromatic heterocycles. The molecule has 2 N–H and O–H groups in total. The second-order valence-corrected chi connectivity index (χ2v) is 6.60. The Hall–Kier alpha value is -0.930. The van der Waals surface area contributed by atoms with Gasteiger partial charge in [0.05, 0.1) is 6.10 Å². The lowest BCUT2D eigenvalue weighted by molar-refractivity contribution is 0.158. The average molecular weight is 277 g/mol. The standard InChI is InChI=1S/C17H24FNO/c1-11(16-9-12-2-3-14(16)8-12)19-10-17(20)13-4-6-15(18)7-5-13/h4-7,11-12,14,16-17,19-20H,2-3,8-10H2,1H3. The Kier molecular flexibility index (Phi) is 4.08. The third kappa shape index (κ3) is 2.89. The number of hydrogen-bond donors (Lipinski definition) is 2. The monoisotopic (exact) mass is 277 g/mol. The van der Waals surface area contributed by atoms with Crippen molar-refractivity contribution < 1.29 is 9.50 Å². The van der Waals surface area contributed by atoms with E-state index in [1.165, 1.54) is 37.8 Å². The van der Waals surface area contributed by atoms with Crippen LogP contribution in [0.25, 0.3) is 0 Å². The predicted molar refractivity (Wildman–Crippen MR) is 77.8 cm³/mol. The minimum absolute atomic E-state index is 0.260. The van der Waals surface area contributed by atoms with E-state index >= 15 is 0 Å². The molecule has 2 saturated carbocycles. The Balaban J connectivity index is 1.50. The Morgan fingerprint density at radius 2 is 2.00 bits per heavy atom. The van der Waals surface area contributed by atoms with Gasteiger partial charge in [0.25, 0.3) is 0 Å². The minimum atomic E-state index is -0.559. The molecule has 0 amide bonds. The first-order valence-corrected chi connectivity index (χ1v) is 7.80. The maximum Gasteiger partial charge on any atom is 0.123 e. The maximum absolute atomic E-state index is 12.9. The Labute approximate surface area is 120 Å². The van der Waals surface area contributed by atoms with Gasteiger partial charge in [-0.3, -0.25) is 0 Å². The zero-order valence-electron chi connectivity index (χ0n) is 12.1. The molecule has 2 aliphatic carbocycles. The summed E-state index contributed by atoms with van der Waals surface area (Å²) in [6, 6.07) is 6.57. The highest BCUT2D eigenvalue weighted by Crippen LogP contribution is 2.49. The van der Waals surface area contributed by atoms with E-state index in [0.29, 0.717) is 12.6 Å². The van der Waals surface area contributed by atoms with Gasteiger partial charge < -0.3 is 10.4 Å². The maximum atomic E-state index is 12.9. The fraction of sp³-hybridized carbons (Fsp3) is 0.647. The van der Waals surface area contributed by atoms with Crippen LogP contribution in [-0.2, 0) is 0 Å². The van der Waals surface area contributed by atoms with Crippen LogP contribution in [0.15, 0.2) is 24.3 Å². The first kappa shape index (κ1) is 14.0. The molecule has 0 heterocycles. The van der Waals surface area contributed by atoms with Crippen LogP contribution in [-0.4, -0.2) is 17.7 Å². The van der Waals surface area contributed by atoms with Crippen molar-refractivity contribution in [3.8, 4) is 0 Å². The molecular weight excluding hydrogens is 253 g/mol. The molecule has 20 heavy (non-hydrogen) atoms. The highest BCUT2D eigenvalue weighted by molar-refractivity contribution is 5.18. The topological polar surface area (TPSA) is 32.3 Å². The third-order valence-corrected chi connectivity index (χ3v) is 5.32. The first-order chi connectivity index (χ1) is 9.63. The van der Waals surface area contributed by atoms with Gasteiger partial charge in [0.15, 0.2) is 0 Å². The van der Waals surface area contributed by atoms with Crippen LogP contribution < -0.4 is 5.32 Å². The second kappa shape index (κ2) is 5.82. The van der Waals surface area contributed by atoms with E-state index in [1.807, 2.05) is 0 Å². The number of aliphatic hydroxyl groups is 1. The van der Waals surface area contributed by atoms with Crippen LogP contribution in [0, 0.1) is 23.6 Å². The normalized spacial score (nSPS) is 31.4. The van der Waals surface area contributed by atoms with Gasteiger partial charge in [0.1, 0.15) is 5.82 Å². The molecule has 5 atom stereocenters. The van der Waals surface area contributed by atoms with Gasteiger partial charge in [0.2, 0.25) is 0 Å². The van der Waals surface area contributed by atoms with Gasteiger partial charge in [0, 0.05) is 12.6 Å². The van der Waals surface area contributed by atoms with E-state index in [4.69, 9.17) is 0 Å². The first-order valence-electron chi connectivity index (χ1n) is 7.80. The van der Waals surface area contributed by atoms with Gasteiger partial charge in [-0.05, 0) is 61.6 Å². The Bertz CT molecular complexity index is 447. The van der Waals surface area contributed by atoms with E-state index in [0.717, 1.165) is 23.3 Å². The molecule has 1 aromatic carbocycles. The predicted octanol–water partition coefficient (Wildman–Crippen LogP) is 3.27. The fourth-order valence-electron chi connectivity index (χ4n) is 4.16. The van der Waals surface area contributed by atoms with Crippen molar-refractivity contribution in [1.29, 1.82) is 0 Å². The van der Waals surface area contributed by atoms with Crippen LogP contribution >= 0.6 is 0 Å². The summed E-state index contributed by atoms with van der Waals surface area (Å²) >= 11 is 0. The molecule has 0 aliphatic heterocycles. The Morgan fingerprint density at radius 3 is 2.60 bits per heavy atom. The molecule has 2 fully saturated rings. The van der Waals surface area contributed by atoms with Gasteiger partial charge in [-0.2, -0.15) is 0 Å². The average Bonchev–Trinajstić information content (AvgIpc) is 3.08. The number of aliphatic hydroxyl groups excluding tert-OH is 1. The summed E-state index contributed by atoms with van der Waals surface area (Å²) in [6.07, 6.45) is 5.02. The van der Waals surface area contributed by atoms with Crippen molar-refractivity contribution in [2.45, 2.75) is 44.8 Å². The summed E-state index contributed by atoms with van der Waals surface area (Å²) < 4.78 is 12.9. The molecule has 3 heteroatoms. The molecule has 2 nitrogen and oxygen atoms in total. The third-order valence-electron chi connectivity index (χ3n) is 5.32. The molecule has 3 rings (SSSR count). The zero-order chi connectivity index (χ0) is 14.1. The summed E-state index contributed by atoms with van der Waals surface area (Å²) in [5, 5.41) is 13.6. The van der Waals surface area contributed by atoms with Crippen molar-refractivity contribution >= 4 is 0 Å². The number of nitrogens with one attached hydrogen (secondary N) is 1. The summed E-state index contributed by atoms with van der Waals surface area (Å²) in [7, 11) is 0. The molecule has 1 aromatic rings. The number of hydrogen-bond acceptors (Lipinski definition) is 2. The van der Waals surface area contributed by atoms with Crippen LogP contribution in [0.1, 0.15) is 44.3 Å². The molecule has 2 aliphatic rings. The van der Waals surface area contributed by atoms with Crippen LogP contribution in [0.3, 0.4) is 0 Å². The molecule has 5 unspecified atom stereocenters. The zero-order valence-corrected chi connectivity index (χ0v) is 12.1. The molecule has 0 radical (unpaired) electrons. The van der Waals surface area contributed by atoms with E-state index in [9.17, 15) is 9.50 Å². The van der Waals surface area contributed by atoms with Gasteiger partial charge in [-0.25, -0.2) is 4.39 Å². The molecule has 110 valence electrons. The Morgan fingerprint density at radius 1 is 1.25 bits per heavy atom. The van der Waals surface area contributed by atoms with E-state index in [1.54, 1.807) is 12.1 Å². The SMILES string of the molecule is CC(NCC(O)c1ccc(F)cc1)C1CC2CCC1C2. The number of halogens is 1. The summed E-state index contributed by atoms with van der Waals surface area (Å²) in [5.74, 6) is 2.36. The smallest absolute Gasteiger partial charge is 0.123 e. The minimum Gasteiger partial charge on any atom is -0.387 e. The van der Waals surface area contributed by atoms with Crippen molar-refractivity contribution in [2.24, 2.45) is 17.8 Å². The number of fused-ring (bicyclic) bond motifs is 2. The molecule has 2 bridgehead atoms. The number of rotatable bonds is 5. The highest BCUT2D eigenvalue weighted by Gasteiger charge is 2.41. The van der Waals surface area contributed by atoms with E-state index < -0.39 is 6.10 Å². The fourth-order valence-corrected chi connectivity index (χ4v) is 4.16. The van der Waals surface area contributed by atoms with E-state index in [2.05, 4.69) is 12.2 Å². The van der Waals surface area contributed by atoms with Crippen molar-refractivity contribution in [1.82, 2.24) is 5.32 Å². The lowest BCUT2D eigenvalue weighted by Crippen LogP contribution is -2.38. The van der Waals surface area contributed by atoms with E-state index in [-0.39, 0.29) is 5.82 Å². The summed E-state index contributed by atoms with van der Waals surface area (Å²) in [5.41, 5.74) is 0.777. The molecule has 0 saturated heterocycles. The van der Waals surface area contributed by atoms with Gasteiger partial charge in [-0.1, -0.05) is 18.6 Å². The largest absolute Gasteiger partial charge is 0.387 e. The quantitative estimate of drug-likeness (QED) is 0.865. The second-order valence-electron chi connectivity index (χ2n) is 6.60. The van der Waals surface area contributed by atoms with Crippen molar-refractivity contribution in [3.63, 3.8) is 0 Å². The highest BCUT2D eigenvalue weighted by atomic mass is 19.1. The van der Waals surface area contributed by atoms with Crippen LogP contribution in [0.5, 0.6) is 0 Å². The van der Waals surface area contributed by atoms with Crippen molar-refractivity contribution in [2.75, 3.05) is 6.54 Å². The number of benzene rings is 1.